The fourth-order valence-corrected chi connectivity index (χ4v) is 6.26. The maximum Gasteiger partial charge on any atom is 0.250 e. The van der Waals surface area contributed by atoms with Crippen molar-refractivity contribution in [3.63, 3.8) is 0 Å². The van der Waals surface area contributed by atoms with E-state index in [-0.39, 0.29) is 24.3 Å². The number of nitrogens with zero attached hydrogens (tertiary/aromatic N) is 1. The number of rotatable bonds is 3. The number of carbonyl (C=O) groups is 4. The van der Waals surface area contributed by atoms with E-state index in [1.54, 1.807) is 19.1 Å². The van der Waals surface area contributed by atoms with Crippen LogP contribution in [0.2, 0.25) is 5.02 Å². The number of fused-ring (bicyclic) bond motifs is 4. The van der Waals surface area contributed by atoms with Crippen molar-refractivity contribution in [1.29, 1.82) is 0 Å². The zero-order valence-electron chi connectivity index (χ0n) is 17.2. The molecule has 1 saturated carbocycles. The highest BCUT2D eigenvalue weighted by Gasteiger charge is 2.71. The van der Waals surface area contributed by atoms with Crippen LogP contribution in [0.5, 0.6) is 0 Å². The van der Waals surface area contributed by atoms with Gasteiger partial charge in [-0.2, -0.15) is 0 Å². The Kier molecular flexibility index (Phi) is 4.64. The molecule has 1 aromatic carbocycles. The number of hydrogen-bond acceptors (Lipinski definition) is 5. The van der Waals surface area contributed by atoms with Gasteiger partial charge in [0.25, 0.3) is 0 Å². The number of halogens is 1. The predicted molar refractivity (Wildman–Crippen MR) is 113 cm³/mol. The smallest absolute Gasteiger partial charge is 0.250 e. The molecular formula is C22H25ClN4O4. The molecule has 0 radical (unpaired) electrons. The Bertz CT molecular complexity index is 1020. The van der Waals surface area contributed by atoms with Crippen molar-refractivity contribution in [2.24, 2.45) is 17.6 Å². The van der Waals surface area contributed by atoms with E-state index in [0.29, 0.717) is 21.8 Å². The number of hydrogen-bond donors (Lipinski definition) is 3. The van der Waals surface area contributed by atoms with Gasteiger partial charge in [0.2, 0.25) is 23.6 Å². The molecule has 5 rings (SSSR count). The number of benzene rings is 1. The summed E-state index contributed by atoms with van der Waals surface area (Å²) in [5.74, 6) is -3.36. The molecule has 2 saturated heterocycles. The lowest BCUT2D eigenvalue weighted by atomic mass is 9.76. The quantitative estimate of drug-likeness (QED) is 0.611. The topological polar surface area (TPSA) is 122 Å². The molecule has 1 aromatic rings. The standard InChI is InChI=1S/C22H25ClN4O4/c1-10-13(23)8-7-12-18(10)25-21(31)22(12)17-16(14(26-22)9-15(24)28)19(29)27(20(17)30)11-5-3-2-4-6-11/h7-8,11,14,16-17,26H,2-6,9H2,1H3,(H2,24,28)(H,25,31)/t14?,16-,17+,22?/m1/s1. The third-order valence-corrected chi connectivity index (χ3v) is 7.89. The first-order valence-corrected chi connectivity index (χ1v) is 11.2. The van der Waals surface area contributed by atoms with Gasteiger partial charge in [0.15, 0.2) is 0 Å². The minimum Gasteiger partial charge on any atom is -0.370 e. The molecule has 4 aliphatic rings. The molecule has 8 nitrogen and oxygen atoms in total. The monoisotopic (exact) mass is 444 g/mol. The second-order valence-corrected chi connectivity index (χ2v) is 9.53. The van der Waals surface area contributed by atoms with E-state index in [4.69, 9.17) is 17.3 Å². The number of anilines is 1. The van der Waals surface area contributed by atoms with E-state index < -0.39 is 35.2 Å². The summed E-state index contributed by atoms with van der Waals surface area (Å²) in [6.45, 7) is 1.80. The molecule has 0 bridgehead atoms. The molecule has 3 fully saturated rings. The Labute approximate surface area is 184 Å². The number of nitrogens with two attached hydrogens (primary N) is 1. The fraction of sp³-hybridized carbons (Fsp3) is 0.545. The summed E-state index contributed by atoms with van der Waals surface area (Å²) >= 11 is 6.26. The van der Waals surface area contributed by atoms with Crippen LogP contribution < -0.4 is 16.4 Å². The average molecular weight is 445 g/mol. The number of amides is 4. The van der Waals surface area contributed by atoms with E-state index in [2.05, 4.69) is 10.6 Å². The van der Waals surface area contributed by atoms with Crippen LogP contribution in [-0.2, 0) is 24.7 Å². The first-order chi connectivity index (χ1) is 14.8. The fourth-order valence-electron chi connectivity index (χ4n) is 6.10. The first-order valence-electron chi connectivity index (χ1n) is 10.8. The van der Waals surface area contributed by atoms with Gasteiger partial charge in [0.1, 0.15) is 5.54 Å². The first kappa shape index (κ1) is 20.5. The summed E-state index contributed by atoms with van der Waals surface area (Å²) in [5, 5.41) is 6.58. The van der Waals surface area contributed by atoms with E-state index in [1.165, 1.54) is 4.90 Å². The average Bonchev–Trinajstić information content (AvgIpc) is 3.30. The van der Waals surface area contributed by atoms with E-state index in [0.717, 1.165) is 32.1 Å². The van der Waals surface area contributed by atoms with Crippen LogP contribution in [0.25, 0.3) is 0 Å². The summed E-state index contributed by atoms with van der Waals surface area (Å²) < 4.78 is 0. The molecule has 0 aromatic heterocycles. The van der Waals surface area contributed by atoms with Gasteiger partial charge in [0.05, 0.1) is 17.5 Å². The lowest BCUT2D eigenvalue weighted by molar-refractivity contribution is -0.146. The lowest BCUT2D eigenvalue weighted by Gasteiger charge is -2.33. The summed E-state index contributed by atoms with van der Waals surface area (Å²) in [5.41, 5.74) is 5.88. The summed E-state index contributed by atoms with van der Waals surface area (Å²) in [6.07, 6.45) is 4.43. The molecule has 1 aliphatic carbocycles. The molecule has 4 atom stereocenters. The third-order valence-electron chi connectivity index (χ3n) is 7.48. The van der Waals surface area contributed by atoms with Crippen molar-refractivity contribution >= 4 is 40.9 Å². The van der Waals surface area contributed by atoms with Crippen molar-refractivity contribution in [3.8, 4) is 0 Å². The molecule has 2 unspecified atom stereocenters. The van der Waals surface area contributed by atoms with Crippen molar-refractivity contribution < 1.29 is 19.2 Å². The van der Waals surface area contributed by atoms with Crippen LogP contribution in [0.3, 0.4) is 0 Å². The number of primary amides is 1. The largest absolute Gasteiger partial charge is 0.370 e. The van der Waals surface area contributed by atoms with Gasteiger partial charge >= 0.3 is 0 Å². The van der Waals surface area contributed by atoms with Crippen molar-refractivity contribution in [2.75, 3.05) is 5.32 Å². The molecule has 31 heavy (non-hydrogen) atoms. The maximum atomic E-state index is 13.7. The highest BCUT2D eigenvalue weighted by atomic mass is 35.5. The van der Waals surface area contributed by atoms with Crippen LogP contribution in [0.1, 0.15) is 49.7 Å². The molecular weight excluding hydrogens is 420 g/mol. The van der Waals surface area contributed by atoms with Gasteiger partial charge in [0, 0.05) is 29.1 Å². The molecule has 164 valence electrons. The minimum atomic E-state index is -1.42. The number of nitrogens with one attached hydrogen (secondary N) is 2. The lowest BCUT2D eigenvalue weighted by Crippen LogP contribution is -2.54. The third kappa shape index (κ3) is 2.70. The highest BCUT2D eigenvalue weighted by molar-refractivity contribution is 6.32. The van der Waals surface area contributed by atoms with E-state index >= 15 is 0 Å². The van der Waals surface area contributed by atoms with Crippen LogP contribution >= 0.6 is 11.6 Å². The minimum absolute atomic E-state index is 0.129. The maximum absolute atomic E-state index is 13.7. The van der Waals surface area contributed by atoms with E-state index in [9.17, 15) is 19.2 Å². The molecule has 4 N–H and O–H groups in total. The van der Waals surface area contributed by atoms with Crippen LogP contribution in [0.4, 0.5) is 5.69 Å². The molecule has 3 heterocycles. The Morgan fingerprint density at radius 1 is 1.19 bits per heavy atom. The number of carbonyl (C=O) groups excluding carboxylic acids is 4. The molecule has 4 amide bonds. The van der Waals surface area contributed by atoms with Crippen molar-refractivity contribution in [2.45, 2.75) is 63.1 Å². The van der Waals surface area contributed by atoms with Crippen molar-refractivity contribution in [1.82, 2.24) is 10.2 Å². The van der Waals surface area contributed by atoms with E-state index in [1.807, 2.05) is 0 Å². The van der Waals surface area contributed by atoms with Crippen molar-refractivity contribution in [3.05, 3.63) is 28.3 Å². The van der Waals surface area contributed by atoms with Gasteiger partial charge in [-0.15, -0.1) is 0 Å². The van der Waals surface area contributed by atoms with Crippen LogP contribution in [-0.4, -0.2) is 40.6 Å². The Balaban J connectivity index is 1.65. The van der Waals surface area contributed by atoms with Gasteiger partial charge < -0.3 is 11.1 Å². The van der Waals surface area contributed by atoms with Crippen LogP contribution in [0, 0.1) is 18.8 Å². The number of imide groups is 1. The highest BCUT2D eigenvalue weighted by Crippen LogP contribution is 2.55. The Morgan fingerprint density at radius 3 is 2.58 bits per heavy atom. The SMILES string of the molecule is Cc1c(Cl)ccc2c1NC(=O)C21NC(CC(N)=O)[C@H]2C(=O)N(C3CCCCC3)C(=O)[C@H]21. The second kappa shape index (κ2) is 7.03. The summed E-state index contributed by atoms with van der Waals surface area (Å²) in [4.78, 5) is 53.9. The zero-order chi connectivity index (χ0) is 22.1. The summed E-state index contributed by atoms with van der Waals surface area (Å²) in [7, 11) is 0. The number of likely N-dealkylation sites (tertiary alicyclic amines) is 1. The van der Waals surface area contributed by atoms with Gasteiger partial charge in [-0.05, 0) is 31.4 Å². The second-order valence-electron chi connectivity index (χ2n) is 9.12. The van der Waals surface area contributed by atoms with Gasteiger partial charge in [-0.3, -0.25) is 29.4 Å². The Hall–Kier alpha value is -2.45. The van der Waals surface area contributed by atoms with Gasteiger partial charge in [-0.25, -0.2) is 0 Å². The Morgan fingerprint density at radius 2 is 1.90 bits per heavy atom. The predicted octanol–water partition coefficient (Wildman–Crippen LogP) is 1.58. The molecule has 3 aliphatic heterocycles. The molecule has 9 heteroatoms. The summed E-state index contributed by atoms with van der Waals surface area (Å²) in [6, 6.07) is 2.57. The normalized spacial score (nSPS) is 32.5. The zero-order valence-corrected chi connectivity index (χ0v) is 18.0. The van der Waals surface area contributed by atoms with Gasteiger partial charge in [-0.1, -0.05) is 36.9 Å². The molecule has 1 spiro atoms. The van der Waals surface area contributed by atoms with Crippen LogP contribution in [0.15, 0.2) is 12.1 Å².